The molecule has 0 amide bonds. The second-order valence-electron chi connectivity index (χ2n) is 4.56. The van der Waals surface area contributed by atoms with Crippen LogP contribution in [-0.4, -0.2) is 31.1 Å². The van der Waals surface area contributed by atoms with Crippen LogP contribution in [-0.2, 0) is 6.54 Å². The van der Waals surface area contributed by atoms with Crippen LogP contribution in [0.15, 0.2) is 24.3 Å². The first-order valence-corrected chi connectivity index (χ1v) is 6.99. The third-order valence-electron chi connectivity index (χ3n) is 2.90. The van der Waals surface area contributed by atoms with E-state index in [9.17, 15) is 0 Å². The van der Waals surface area contributed by atoms with Crippen molar-refractivity contribution in [2.45, 2.75) is 25.4 Å². The van der Waals surface area contributed by atoms with E-state index in [1.54, 1.807) is 0 Å². The lowest BCUT2D eigenvalue weighted by Crippen LogP contribution is -2.30. The molecule has 1 N–H and O–H groups in total. The zero-order valence-corrected chi connectivity index (χ0v) is 11.9. The first kappa shape index (κ1) is 12.3. The minimum atomic E-state index is 0.824. The molecule has 1 aromatic carbocycles. The van der Waals surface area contributed by atoms with Gasteiger partial charge in [-0.25, -0.2) is 0 Å². The van der Waals surface area contributed by atoms with Crippen LogP contribution in [0.25, 0.3) is 0 Å². The highest BCUT2D eigenvalue weighted by Gasteiger charge is 2.19. The quantitative estimate of drug-likeness (QED) is 0.806. The van der Waals surface area contributed by atoms with Crippen molar-refractivity contribution >= 4 is 22.6 Å². The summed E-state index contributed by atoms with van der Waals surface area (Å²) in [5, 5.41) is 3.54. The summed E-state index contributed by atoms with van der Waals surface area (Å²) in [5.41, 5.74) is 1.43. The molecule has 1 aliphatic rings. The lowest BCUT2D eigenvalue weighted by Gasteiger charge is -2.17. The lowest BCUT2D eigenvalue weighted by molar-refractivity contribution is 0.323. The smallest absolute Gasteiger partial charge is 0.0241 e. The summed E-state index contributed by atoms with van der Waals surface area (Å²) in [6, 6.07) is 9.43. The Morgan fingerprint density at radius 3 is 2.81 bits per heavy atom. The summed E-state index contributed by atoms with van der Waals surface area (Å²) < 4.78 is 1.36. The predicted octanol–water partition coefficient (Wildman–Crippen LogP) is 2.48. The largest absolute Gasteiger partial charge is 0.313 e. The van der Waals surface area contributed by atoms with Gasteiger partial charge < -0.3 is 10.2 Å². The Morgan fingerprint density at radius 1 is 1.38 bits per heavy atom. The summed E-state index contributed by atoms with van der Waals surface area (Å²) >= 11 is 2.41. The summed E-state index contributed by atoms with van der Waals surface area (Å²) in [7, 11) is 2.19. The fourth-order valence-electron chi connectivity index (χ4n) is 1.74. The number of rotatable bonds is 6. The molecular weight excluding hydrogens is 311 g/mol. The van der Waals surface area contributed by atoms with E-state index in [4.69, 9.17) is 0 Å². The maximum absolute atomic E-state index is 3.54. The molecule has 1 aromatic rings. The number of benzene rings is 1. The number of nitrogens with zero attached hydrogens (tertiary/aromatic N) is 1. The van der Waals surface area contributed by atoms with Gasteiger partial charge >= 0.3 is 0 Å². The van der Waals surface area contributed by atoms with Gasteiger partial charge in [0.25, 0.3) is 0 Å². The third kappa shape index (κ3) is 4.03. The van der Waals surface area contributed by atoms with Gasteiger partial charge in [-0.3, -0.25) is 0 Å². The van der Waals surface area contributed by atoms with Gasteiger partial charge in [-0.1, -0.05) is 18.2 Å². The zero-order chi connectivity index (χ0) is 11.4. The Labute approximate surface area is 112 Å². The summed E-state index contributed by atoms with van der Waals surface area (Å²) in [5.74, 6) is 0. The molecule has 16 heavy (non-hydrogen) atoms. The first-order chi connectivity index (χ1) is 7.75. The van der Waals surface area contributed by atoms with E-state index < -0.39 is 0 Å². The van der Waals surface area contributed by atoms with E-state index >= 15 is 0 Å². The lowest BCUT2D eigenvalue weighted by atomic mass is 10.2. The molecule has 3 heteroatoms. The van der Waals surface area contributed by atoms with E-state index in [1.807, 2.05) is 0 Å². The molecule has 1 saturated carbocycles. The highest BCUT2D eigenvalue weighted by molar-refractivity contribution is 14.1. The number of hydrogen-bond acceptors (Lipinski definition) is 2. The maximum Gasteiger partial charge on any atom is 0.0241 e. The molecule has 0 radical (unpaired) electrons. The molecule has 2 rings (SSSR count). The van der Waals surface area contributed by atoms with E-state index in [0.717, 1.165) is 25.7 Å². The second kappa shape index (κ2) is 5.98. The van der Waals surface area contributed by atoms with Crippen molar-refractivity contribution in [1.82, 2.24) is 10.2 Å². The van der Waals surface area contributed by atoms with Crippen molar-refractivity contribution in [1.29, 1.82) is 0 Å². The van der Waals surface area contributed by atoms with Crippen LogP contribution < -0.4 is 5.32 Å². The van der Waals surface area contributed by atoms with E-state index in [-0.39, 0.29) is 0 Å². The fraction of sp³-hybridized carbons (Fsp3) is 0.538. The van der Waals surface area contributed by atoms with Crippen LogP contribution in [0.5, 0.6) is 0 Å². The van der Waals surface area contributed by atoms with Gasteiger partial charge in [-0.05, 0) is 54.1 Å². The average Bonchev–Trinajstić information content (AvgIpc) is 3.05. The summed E-state index contributed by atoms with van der Waals surface area (Å²) in [6.45, 7) is 3.29. The molecule has 0 heterocycles. The van der Waals surface area contributed by atoms with Crippen LogP contribution in [0, 0.1) is 3.57 Å². The van der Waals surface area contributed by atoms with Crippen LogP contribution in [0.1, 0.15) is 18.4 Å². The number of nitrogens with one attached hydrogen (secondary N) is 1. The molecule has 0 bridgehead atoms. The summed E-state index contributed by atoms with van der Waals surface area (Å²) in [4.78, 5) is 2.38. The monoisotopic (exact) mass is 330 g/mol. The Kier molecular flexibility index (Phi) is 4.61. The van der Waals surface area contributed by atoms with Gasteiger partial charge in [0.05, 0.1) is 0 Å². The summed E-state index contributed by atoms with van der Waals surface area (Å²) in [6.07, 6.45) is 2.75. The Balaban J connectivity index is 1.73. The van der Waals surface area contributed by atoms with Crippen LogP contribution in [0.2, 0.25) is 0 Å². The molecule has 0 aliphatic heterocycles. The highest BCUT2D eigenvalue weighted by Crippen LogP contribution is 2.18. The van der Waals surface area contributed by atoms with Crippen LogP contribution in [0.3, 0.4) is 0 Å². The van der Waals surface area contributed by atoms with Gasteiger partial charge in [0.15, 0.2) is 0 Å². The second-order valence-corrected chi connectivity index (χ2v) is 5.72. The van der Waals surface area contributed by atoms with Gasteiger partial charge in [-0.2, -0.15) is 0 Å². The fourth-order valence-corrected chi connectivity index (χ4v) is 2.30. The van der Waals surface area contributed by atoms with Crippen molar-refractivity contribution in [2.75, 3.05) is 20.1 Å². The standard InChI is InChI=1S/C13H19IN2/c1-16(9-8-15-12-6-7-12)10-11-4-2-3-5-13(11)14/h2-5,12,15H,6-10H2,1H3. The van der Waals surface area contributed by atoms with Crippen LogP contribution >= 0.6 is 22.6 Å². The Morgan fingerprint density at radius 2 is 2.12 bits per heavy atom. The molecule has 0 atom stereocenters. The average molecular weight is 330 g/mol. The molecule has 0 saturated heterocycles. The first-order valence-electron chi connectivity index (χ1n) is 5.91. The zero-order valence-electron chi connectivity index (χ0n) is 9.75. The Hall–Kier alpha value is -0.130. The normalized spacial score (nSPS) is 15.7. The van der Waals surface area contributed by atoms with Gasteiger partial charge in [0.1, 0.15) is 0 Å². The molecule has 0 unspecified atom stereocenters. The number of halogens is 1. The van der Waals surface area contributed by atoms with E-state index in [0.29, 0.717) is 0 Å². The number of likely N-dealkylation sites (N-methyl/N-ethyl adjacent to an activating group) is 1. The van der Waals surface area contributed by atoms with Gasteiger partial charge in [0.2, 0.25) is 0 Å². The number of hydrogen-bond donors (Lipinski definition) is 1. The van der Waals surface area contributed by atoms with Crippen molar-refractivity contribution in [3.63, 3.8) is 0 Å². The highest BCUT2D eigenvalue weighted by atomic mass is 127. The SMILES string of the molecule is CN(CCNC1CC1)Cc1ccccc1I. The topological polar surface area (TPSA) is 15.3 Å². The Bertz CT molecular complexity index is 336. The minimum absolute atomic E-state index is 0.824. The van der Waals surface area contributed by atoms with Crippen molar-refractivity contribution in [3.8, 4) is 0 Å². The molecule has 0 aromatic heterocycles. The molecule has 0 spiro atoms. The predicted molar refractivity (Wildman–Crippen MR) is 76.5 cm³/mol. The van der Waals surface area contributed by atoms with Crippen molar-refractivity contribution in [2.24, 2.45) is 0 Å². The van der Waals surface area contributed by atoms with Gasteiger partial charge in [0, 0.05) is 29.2 Å². The molecule has 1 fully saturated rings. The molecular formula is C13H19IN2. The van der Waals surface area contributed by atoms with E-state index in [2.05, 4.69) is 64.1 Å². The van der Waals surface area contributed by atoms with Crippen LogP contribution in [0.4, 0.5) is 0 Å². The molecule has 88 valence electrons. The third-order valence-corrected chi connectivity index (χ3v) is 3.95. The molecule has 1 aliphatic carbocycles. The molecule has 2 nitrogen and oxygen atoms in total. The van der Waals surface area contributed by atoms with Gasteiger partial charge in [-0.15, -0.1) is 0 Å². The maximum atomic E-state index is 3.54. The van der Waals surface area contributed by atoms with Crippen molar-refractivity contribution in [3.05, 3.63) is 33.4 Å². The van der Waals surface area contributed by atoms with E-state index in [1.165, 1.54) is 22.0 Å². The minimum Gasteiger partial charge on any atom is -0.313 e. The van der Waals surface area contributed by atoms with Crippen molar-refractivity contribution < 1.29 is 0 Å².